The number of carbonyl (C=O) groups is 1. The zero-order chi connectivity index (χ0) is 16.1. The zero-order valence-corrected chi connectivity index (χ0v) is 14.6. The summed E-state index contributed by atoms with van der Waals surface area (Å²) in [5.41, 5.74) is 1.04. The molecule has 1 aliphatic rings. The Bertz CT molecular complexity index is 616. The fourth-order valence-electron chi connectivity index (χ4n) is 3.21. The zero-order valence-electron chi connectivity index (χ0n) is 13.8. The summed E-state index contributed by atoms with van der Waals surface area (Å²) in [6.45, 7) is 5.34. The van der Waals surface area contributed by atoms with Gasteiger partial charge in [0.15, 0.2) is 0 Å². The first-order valence-corrected chi connectivity index (χ1v) is 9.43. The van der Waals surface area contributed by atoms with Gasteiger partial charge in [0.1, 0.15) is 0 Å². The molecule has 1 atom stereocenters. The van der Waals surface area contributed by atoms with Crippen molar-refractivity contribution in [3.63, 3.8) is 0 Å². The van der Waals surface area contributed by atoms with Crippen molar-refractivity contribution in [2.45, 2.75) is 45.1 Å². The SMILES string of the molecule is CCC(CNC(=O)CCc1nc2ccccc2s1)N1CCCC1. The third-order valence-corrected chi connectivity index (χ3v) is 5.66. The van der Waals surface area contributed by atoms with Crippen LogP contribution in [0.1, 0.15) is 37.6 Å². The summed E-state index contributed by atoms with van der Waals surface area (Å²) in [7, 11) is 0. The quantitative estimate of drug-likeness (QED) is 0.847. The average Bonchev–Trinajstić information content (AvgIpc) is 3.22. The van der Waals surface area contributed by atoms with Gasteiger partial charge in [0.2, 0.25) is 5.91 Å². The van der Waals surface area contributed by atoms with Crippen LogP contribution in [0.15, 0.2) is 24.3 Å². The monoisotopic (exact) mass is 331 g/mol. The van der Waals surface area contributed by atoms with Gasteiger partial charge < -0.3 is 5.32 Å². The molecule has 0 aliphatic carbocycles. The van der Waals surface area contributed by atoms with Gasteiger partial charge >= 0.3 is 0 Å². The standard InChI is InChI=1S/C18H25N3OS/c1-2-14(21-11-5-6-12-21)13-19-17(22)9-10-18-20-15-7-3-4-8-16(15)23-18/h3-4,7-8,14H,2,5-6,9-13H2,1H3,(H,19,22). The maximum Gasteiger partial charge on any atom is 0.220 e. The van der Waals surface area contributed by atoms with E-state index in [0.29, 0.717) is 12.5 Å². The second-order valence-corrected chi connectivity index (χ2v) is 7.30. The molecule has 3 rings (SSSR count). The number of rotatable bonds is 7. The van der Waals surface area contributed by atoms with Crippen molar-refractivity contribution in [3.8, 4) is 0 Å². The number of hydrogen-bond donors (Lipinski definition) is 1. The first-order chi connectivity index (χ1) is 11.3. The van der Waals surface area contributed by atoms with Crippen molar-refractivity contribution in [1.82, 2.24) is 15.2 Å². The predicted octanol–water partition coefficient (Wildman–Crippen LogP) is 3.22. The molecule has 0 spiro atoms. The van der Waals surface area contributed by atoms with Crippen LogP contribution in [-0.2, 0) is 11.2 Å². The van der Waals surface area contributed by atoms with Gasteiger partial charge in [0, 0.05) is 25.4 Å². The first kappa shape index (κ1) is 16.4. The minimum absolute atomic E-state index is 0.141. The Balaban J connectivity index is 1.45. The summed E-state index contributed by atoms with van der Waals surface area (Å²) >= 11 is 1.69. The first-order valence-electron chi connectivity index (χ1n) is 8.61. The molecule has 1 N–H and O–H groups in total. The molecule has 0 radical (unpaired) electrons. The van der Waals surface area contributed by atoms with Crippen LogP contribution >= 0.6 is 11.3 Å². The van der Waals surface area contributed by atoms with E-state index in [1.165, 1.54) is 30.6 Å². The molecule has 0 saturated carbocycles. The molecular formula is C18H25N3OS. The normalized spacial score (nSPS) is 16.7. The van der Waals surface area contributed by atoms with Gasteiger partial charge in [-0.2, -0.15) is 0 Å². The van der Waals surface area contributed by atoms with Crippen LogP contribution in [0.25, 0.3) is 10.2 Å². The number of nitrogens with zero attached hydrogens (tertiary/aromatic N) is 2. The molecule has 1 aliphatic heterocycles. The molecule has 1 saturated heterocycles. The number of benzene rings is 1. The molecular weight excluding hydrogens is 306 g/mol. The average molecular weight is 331 g/mol. The molecule has 0 bridgehead atoms. The Morgan fingerprint density at radius 1 is 1.35 bits per heavy atom. The Hall–Kier alpha value is -1.46. The molecule has 2 heterocycles. The number of aryl methyl sites for hydroxylation is 1. The highest BCUT2D eigenvalue weighted by Crippen LogP contribution is 2.22. The smallest absolute Gasteiger partial charge is 0.220 e. The molecule has 1 unspecified atom stereocenters. The number of likely N-dealkylation sites (tertiary alicyclic amines) is 1. The molecule has 5 heteroatoms. The van der Waals surface area contributed by atoms with Gasteiger partial charge in [-0.05, 0) is 44.5 Å². The Kier molecular flexibility index (Phi) is 5.62. The van der Waals surface area contributed by atoms with Gasteiger partial charge in [0.05, 0.1) is 15.2 Å². The highest BCUT2D eigenvalue weighted by Gasteiger charge is 2.20. The van der Waals surface area contributed by atoms with Gasteiger partial charge in [-0.25, -0.2) is 4.98 Å². The number of aromatic nitrogens is 1. The second-order valence-electron chi connectivity index (χ2n) is 6.18. The number of fused-ring (bicyclic) bond motifs is 1. The summed E-state index contributed by atoms with van der Waals surface area (Å²) in [5, 5.41) is 4.16. The van der Waals surface area contributed by atoms with Gasteiger partial charge in [-0.1, -0.05) is 19.1 Å². The number of amides is 1. The maximum atomic E-state index is 12.1. The molecule has 4 nitrogen and oxygen atoms in total. The van der Waals surface area contributed by atoms with E-state index in [1.54, 1.807) is 11.3 Å². The second kappa shape index (κ2) is 7.88. The van der Waals surface area contributed by atoms with Crippen LogP contribution in [0.5, 0.6) is 0 Å². The number of thiazole rings is 1. The fourth-order valence-corrected chi connectivity index (χ4v) is 4.17. The van der Waals surface area contributed by atoms with Crippen molar-refractivity contribution in [1.29, 1.82) is 0 Å². The highest BCUT2D eigenvalue weighted by atomic mass is 32.1. The lowest BCUT2D eigenvalue weighted by Gasteiger charge is -2.26. The number of para-hydroxylation sites is 1. The van der Waals surface area contributed by atoms with E-state index >= 15 is 0 Å². The Morgan fingerprint density at radius 3 is 2.87 bits per heavy atom. The predicted molar refractivity (Wildman–Crippen MR) is 95.8 cm³/mol. The summed E-state index contributed by atoms with van der Waals surface area (Å²) in [6.07, 6.45) is 4.93. The van der Waals surface area contributed by atoms with Gasteiger partial charge in [0.25, 0.3) is 0 Å². The molecule has 1 amide bonds. The van der Waals surface area contributed by atoms with Crippen molar-refractivity contribution >= 4 is 27.5 Å². The van der Waals surface area contributed by atoms with Crippen molar-refractivity contribution in [3.05, 3.63) is 29.3 Å². The molecule has 124 valence electrons. The number of carbonyl (C=O) groups excluding carboxylic acids is 1. The number of hydrogen-bond acceptors (Lipinski definition) is 4. The third kappa shape index (κ3) is 4.30. The van der Waals surface area contributed by atoms with Crippen LogP contribution in [0.3, 0.4) is 0 Å². The van der Waals surface area contributed by atoms with E-state index in [4.69, 9.17) is 0 Å². The van der Waals surface area contributed by atoms with Gasteiger partial charge in [-0.15, -0.1) is 11.3 Å². The Morgan fingerprint density at radius 2 is 2.13 bits per heavy atom. The van der Waals surface area contributed by atoms with Crippen molar-refractivity contribution in [2.24, 2.45) is 0 Å². The van der Waals surface area contributed by atoms with Crippen LogP contribution in [-0.4, -0.2) is 41.5 Å². The van der Waals surface area contributed by atoms with E-state index in [9.17, 15) is 4.79 Å². The van der Waals surface area contributed by atoms with Crippen molar-refractivity contribution in [2.75, 3.05) is 19.6 Å². The van der Waals surface area contributed by atoms with Crippen LogP contribution in [0.2, 0.25) is 0 Å². The molecule has 2 aromatic rings. The highest BCUT2D eigenvalue weighted by molar-refractivity contribution is 7.18. The molecule has 1 aromatic heterocycles. The lowest BCUT2D eigenvalue weighted by atomic mass is 10.2. The third-order valence-electron chi connectivity index (χ3n) is 4.57. The fraction of sp³-hybridized carbons (Fsp3) is 0.556. The van der Waals surface area contributed by atoms with Gasteiger partial charge in [-0.3, -0.25) is 9.69 Å². The largest absolute Gasteiger partial charge is 0.355 e. The van der Waals surface area contributed by atoms with E-state index in [0.717, 1.165) is 29.9 Å². The summed E-state index contributed by atoms with van der Waals surface area (Å²) < 4.78 is 1.20. The Labute approximate surface area is 141 Å². The van der Waals surface area contributed by atoms with Crippen LogP contribution < -0.4 is 5.32 Å². The summed E-state index contributed by atoms with van der Waals surface area (Å²) in [5.74, 6) is 0.141. The summed E-state index contributed by atoms with van der Waals surface area (Å²) in [4.78, 5) is 19.2. The minimum Gasteiger partial charge on any atom is -0.355 e. The lowest BCUT2D eigenvalue weighted by Crippen LogP contribution is -2.42. The molecule has 23 heavy (non-hydrogen) atoms. The van der Waals surface area contributed by atoms with E-state index < -0.39 is 0 Å². The lowest BCUT2D eigenvalue weighted by molar-refractivity contribution is -0.121. The van der Waals surface area contributed by atoms with Crippen molar-refractivity contribution < 1.29 is 4.79 Å². The minimum atomic E-state index is 0.141. The van der Waals surface area contributed by atoms with Crippen LogP contribution in [0.4, 0.5) is 0 Å². The molecule has 1 aromatic carbocycles. The summed E-state index contributed by atoms with van der Waals surface area (Å²) in [6, 6.07) is 8.63. The van der Waals surface area contributed by atoms with E-state index in [-0.39, 0.29) is 5.91 Å². The maximum absolute atomic E-state index is 12.1. The van der Waals surface area contributed by atoms with Crippen LogP contribution in [0, 0.1) is 0 Å². The topological polar surface area (TPSA) is 45.2 Å². The van der Waals surface area contributed by atoms with E-state index in [2.05, 4.69) is 28.2 Å². The van der Waals surface area contributed by atoms with E-state index in [1.807, 2.05) is 18.2 Å². The molecule has 1 fully saturated rings. The number of nitrogens with one attached hydrogen (secondary N) is 1.